The molecule has 5 unspecified atom stereocenters. The molecular weight excluding hydrogens is 438 g/mol. The van der Waals surface area contributed by atoms with E-state index < -0.39 is 66.9 Å². The van der Waals surface area contributed by atoms with E-state index >= 15 is 0 Å². The third-order valence-electron chi connectivity index (χ3n) is 5.22. The second-order valence-corrected chi connectivity index (χ2v) is 7.83. The Morgan fingerprint density at radius 1 is 0.848 bits per heavy atom. The van der Waals surface area contributed by atoms with Gasteiger partial charge in [0, 0.05) is 6.42 Å². The number of hydrogen-bond donors (Lipinski definition) is 8. The number of aliphatic carboxylic acids is 2. The van der Waals surface area contributed by atoms with Crippen molar-refractivity contribution in [1.29, 1.82) is 0 Å². The molecule has 0 heterocycles. The number of hydrogen-bond acceptors (Lipinski definition) is 8. The summed E-state index contributed by atoms with van der Waals surface area (Å²) in [6.07, 6.45) is 0.877. The minimum Gasteiger partial charge on any atom is -0.481 e. The van der Waals surface area contributed by atoms with Gasteiger partial charge in [-0.1, -0.05) is 20.3 Å². The molecule has 0 fully saturated rings. The van der Waals surface area contributed by atoms with E-state index in [9.17, 15) is 34.2 Å². The first-order valence-corrected chi connectivity index (χ1v) is 10.9. The molecule has 0 aromatic rings. The Labute approximate surface area is 192 Å². The van der Waals surface area contributed by atoms with Crippen LogP contribution in [0, 0.1) is 5.92 Å². The molecule has 5 atom stereocenters. The molecule has 0 saturated carbocycles. The normalized spacial score (nSPS) is 15.4. The van der Waals surface area contributed by atoms with Crippen LogP contribution in [0.2, 0.25) is 0 Å². The standard InChI is InChI=1S/C20H37N5O8/c1-3-11(2)16(22)19(31)25-14(10-26)18(30)23-12(7-8-15(27)28)17(29)24-13(20(32)33)6-4-5-9-21/h11-14,16,26H,3-10,21-22H2,1-2H3,(H,23,30)(H,24,29)(H,25,31)(H,27,28)(H,32,33). The summed E-state index contributed by atoms with van der Waals surface area (Å²) in [5, 5.41) is 34.7. The number of carbonyl (C=O) groups is 5. The molecule has 13 nitrogen and oxygen atoms in total. The van der Waals surface area contributed by atoms with Gasteiger partial charge in [-0.2, -0.15) is 0 Å². The smallest absolute Gasteiger partial charge is 0.326 e. The summed E-state index contributed by atoms with van der Waals surface area (Å²) in [6.45, 7) is 3.14. The number of amides is 3. The summed E-state index contributed by atoms with van der Waals surface area (Å²) in [4.78, 5) is 59.8. The van der Waals surface area contributed by atoms with E-state index in [-0.39, 0.29) is 18.8 Å². The van der Waals surface area contributed by atoms with Crippen molar-refractivity contribution in [3.05, 3.63) is 0 Å². The highest BCUT2D eigenvalue weighted by molar-refractivity contribution is 5.94. The third-order valence-corrected chi connectivity index (χ3v) is 5.22. The van der Waals surface area contributed by atoms with Crippen LogP contribution in [-0.4, -0.2) is 82.3 Å². The average Bonchev–Trinajstić information content (AvgIpc) is 2.77. The number of nitrogens with one attached hydrogen (secondary N) is 3. The summed E-state index contributed by atoms with van der Waals surface area (Å²) in [5.41, 5.74) is 11.2. The van der Waals surface area contributed by atoms with Crippen LogP contribution in [0.15, 0.2) is 0 Å². The van der Waals surface area contributed by atoms with Crippen molar-refractivity contribution in [1.82, 2.24) is 16.0 Å². The number of carboxylic acid groups (broad SMARTS) is 2. The predicted molar refractivity (Wildman–Crippen MR) is 118 cm³/mol. The van der Waals surface area contributed by atoms with Gasteiger partial charge in [0.2, 0.25) is 17.7 Å². The molecule has 0 bridgehead atoms. The summed E-state index contributed by atoms with van der Waals surface area (Å²) >= 11 is 0. The molecule has 33 heavy (non-hydrogen) atoms. The van der Waals surface area contributed by atoms with Gasteiger partial charge in [0.05, 0.1) is 12.6 Å². The van der Waals surface area contributed by atoms with E-state index in [2.05, 4.69) is 16.0 Å². The van der Waals surface area contributed by atoms with Crippen LogP contribution in [0.4, 0.5) is 0 Å². The highest BCUT2D eigenvalue weighted by Gasteiger charge is 2.31. The Hall–Kier alpha value is -2.77. The number of nitrogens with two attached hydrogens (primary N) is 2. The number of aliphatic hydroxyl groups is 1. The van der Waals surface area contributed by atoms with Gasteiger partial charge in [0.1, 0.15) is 18.1 Å². The summed E-state index contributed by atoms with van der Waals surface area (Å²) in [5.74, 6) is -5.22. The molecule has 0 spiro atoms. The first-order chi connectivity index (χ1) is 15.5. The summed E-state index contributed by atoms with van der Waals surface area (Å²) < 4.78 is 0. The number of carboxylic acids is 2. The first kappa shape index (κ1) is 30.2. The maximum Gasteiger partial charge on any atom is 0.326 e. The lowest BCUT2D eigenvalue weighted by molar-refractivity contribution is -0.143. The minimum absolute atomic E-state index is 0.0979. The van der Waals surface area contributed by atoms with Crippen LogP contribution in [0.5, 0.6) is 0 Å². The van der Waals surface area contributed by atoms with Crippen LogP contribution in [0.1, 0.15) is 52.4 Å². The van der Waals surface area contributed by atoms with Crippen LogP contribution in [0.3, 0.4) is 0 Å². The van der Waals surface area contributed by atoms with Crippen molar-refractivity contribution >= 4 is 29.7 Å². The number of unbranched alkanes of at least 4 members (excludes halogenated alkanes) is 1. The lowest BCUT2D eigenvalue weighted by Crippen LogP contribution is -2.58. The molecule has 10 N–H and O–H groups in total. The van der Waals surface area contributed by atoms with Crippen LogP contribution in [0.25, 0.3) is 0 Å². The SMILES string of the molecule is CCC(C)C(N)C(=O)NC(CO)C(=O)NC(CCC(=O)O)C(=O)NC(CCCCN)C(=O)O. The average molecular weight is 476 g/mol. The zero-order valence-electron chi connectivity index (χ0n) is 19.1. The molecular formula is C20H37N5O8. The highest BCUT2D eigenvalue weighted by Crippen LogP contribution is 2.07. The molecule has 0 aliphatic heterocycles. The number of aliphatic hydroxyl groups excluding tert-OH is 1. The topological polar surface area (TPSA) is 234 Å². The fourth-order valence-electron chi connectivity index (χ4n) is 2.81. The zero-order chi connectivity index (χ0) is 25.6. The van der Waals surface area contributed by atoms with E-state index in [4.69, 9.17) is 16.6 Å². The van der Waals surface area contributed by atoms with E-state index in [0.29, 0.717) is 25.8 Å². The number of rotatable bonds is 17. The van der Waals surface area contributed by atoms with Crippen molar-refractivity contribution in [2.45, 2.75) is 76.5 Å². The molecule has 0 aliphatic rings. The lowest BCUT2D eigenvalue weighted by Gasteiger charge is -2.25. The Bertz CT molecular complexity index is 675. The molecule has 0 rings (SSSR count). The van der Waals surface area contributed by atoms with Gasteiger partial charge in [0.25, 0.3) is 0 Å². The largest absolute Gasteiger partial charge is 0.481 e. The van der Waals surface area contributed by atoms with Crippen molar-refractivity contribution in [2.24, 2.45) is 17.4 Å². The summed E-state index contributed by atoms with van der Waals surface area (Å²) in [6, 6.07) is -5.02. The van der Waals surface area contributed by atoms with Gasteiger partial charge in [-0.15, -0.1) is 0 Å². The third kappa shape index (κ3) is 11.6. The lowest BCUT2D eigenvalue weighted by atomic mass is 9.99. The Balaban J connectivity index is 5.32. The highest BCUT2D eigenvalue weighted by atomic mass is 16.4. The van der Waals surface area contributed by atoms with Gasteiger partial charge in [-0.05, 0) is 38.1 Å². The van der Waals surface area contributed by atoms with Crippen molar-refractivity contribution in [3.63, 3.8) is 0 Å². The van der Waals surface area contributed by atoms with Gasteiger partial charge in [0.15, 0.2) is 0 Å². The Morgan fingerprint density at radius 3 is 1.88 bits per heavy atom. The van der Waals surface area contributed by atoms with E-state index in [1.54, 1.807) is 6.92 Å². The van der Waals surface area contributed by atoms with Crippen LogP contribution in [-0.2, 0) is 24.0 Å². The van der Waals surface area contributed by atoms with Crippen molar-refractivity contribution in [2.75, 3.05) is 13.2 Å². The van der Waals surface area contributed by atoms with Crippen molar-refractivity contribution in [3.8, 4) is 0 Å². The van der Waals surface area contributed by atoms with Gasteiger partial charge in [-0.25, -0.2) is 4.79 Å². The zero-order valence-corrected chi connectivity index (χ0v) is 19.1. The predicted octanol–water partition coefficient (Wildman–Crippen LogP) is -2.12. The maximum atomic E-state index is 12.6. The monoisotopic (exact) mass is 475 g/mol. The van der Waals surface area contributed by atoms with Gasteiger partial charge >= 0.3 is 11.9 Å². The summed E-state index contributed by atoms with van der Waals surface area (Å²) in [7, 11) is 0. The first-order valence-electron chi connectivity index (χ1n) is 10.9. The Morgan fingerprint density at radius 2 is 1.39 bits per heavy atom. The molecule has 0 aromatic heterocycles. The Kier molecular flexibility index (Phi) is 14.6. The van der Waals surface area contributed by atoms with E-state index in [0.717, 1.165) is 0 Å². The molecule has 3 amide bonds. The quantitative estimate of drug-likeness (QED) is 0.106. The molecule has 0 aliphatic carbocycles. The van der Waals surface area contributed by atoms with Crippen molar-refractivity contribution < 1.29 is 39.3 Å². The maximum absolute atomic E-state index is 12.6. The van der Waals surface area contributed by atoms with Gasteiger partial charge in [-0.3, -0.25) is 19.2 Å². The van der Waals surface area contributed by atoms with Crippen LogP contribution >= 0.6 is 0 Å². The molecule has 0 aromatic carbocycles. The fraction of sp³-hybridized carbons (Fsp3) is 0.750. The second-order valence-electron chi connectivity index (χ2n) is 7.83. The molecule has 0 radical (unpaired) electrons. The van der Waals surface area contributed by atoms with E-state index in [1.807, 2.05) is 6.92 Å². The molecule has 13 heteroatoms. The van der Waals surface area contributed by atoms with Crippen LogP contribution < -0.4 is 27.4 Å². The van der Waals surface area contributed by atoms with Gasteiger partial charge < -0.3 is 42.7 Å². The fourth-order valence-corrected chi connectivity index (χ4v) is 2.81. The molecule has 0 saturated heterocycles. The molecule has 190 valence electrons. The number of carbonyl (C=O) groups excluding carboxylic acids is 3. The minimum atomic E-state index is -1.44. The second kappa shape index (κ2) is 15.9. The van der Waals surface area contributed by atoms with E-state index in [1.165, 1.54) is 0 Å².